The average molecular weight is 270 g/mol. The number of hydrogen-bond acceptors (Lipinski definition) is 2. The van der Waals surface area contributed by atoms with E-state index in [1.807, 2.05) is 4.90 Å². The quantitative estimate of drug-likeness (QED) is 0.789. The van der Waals surface area contributed by atoms with Gasteiger partial charge in [-0.05, 0) is 25.0 Å². The molecule has 1 saturated carbocycles. The Balaban J connectivity index is 1.88. The number of piperazine rings is 1. The van der Waals surface area contributed by atoms with Crippen molar-refractivity contribution in [3.8, 4) is 0 Å². The van der Waals surface area contributed by atoms with E-state index in [1.54, 1.807) is 0 Å². The van der Waals surface area contributed by atoms with Gasteiger partial charge in [0.05, 0.1) is 5.69 Å². The van der Waals surface area contributed by atoms with Crippen LogP contribution in [0.4, 0.5) is 18.9 Å². The summed E-state index contributed by atoms with van der Waals surface area (Å²) in [5.41, 5.74) is 0.196. The smallest absolute Gasteiger partial charge is 0.196 e. The van der Waals surface area contributed by atoms with E-state index in [0.717, 1.165) is 25.5 Å². The SMILES string of the molecule is Fc1ccc(N2CCNC3(CCCC3)C2)c(F)c1F. The minimum Gasteiger partial charge on any atom is -0.366 e. The van der Waals surface area contributed by atoms with Crippen LogP contribution in [-0.2, 0) is 0 Å². The Morgan fingerprint density at radius 3 is 2.53 bits per heavy atom. The second-order valence-corrected chi connectivity index (χ2v) is 5.53. The van der Waals surface area contributed by atoms with Crippen LogP contribution in [0.2, 0.25) is 0 Å². The Morgan fingerprint density at radius 1 is 1.05 bits per heavy atom. The number of halogens is 3. The van der Waals surface area contributed by atoms with Gasteiger partial charge in [-0.25, -0.2) is 13.2 Å². The van der Waals surface area contributed by atoms with E-state index in [4.69, 9.17) is 0 Å². The van der Waals surface area contributed by atoms with E-state index < -0.39 is 17.5 Å². The van der Waals surface area contributed by atoms with E-state index in [0.29, 0.717) is 13.1 Å². The van der Waals surface area contributed by atoms with Crippen molar-refractivity contribution in [3.63, 3.8) is 0 Å². The van der Waals surface area contributed by atoms with Crippen molar-refractivity contribution >= 4 is 5.69 Å². The molecule has 3 rings (SSSR count). The molecular formula is C14H17F3N2. The van der Waals surface area contributed by atoms with Crippen LogP contribution in [0.15, 0.2) is 12.1 Å². The molecule has 1 aliphatic heterocycles. The van der Waals surface area contributed by atoms with Gasteiger partial charge in [0.25, 0.3) is 0 Å². The van der Waals surface area contributed by atoms with Crippen molar-refractivity contribution in [2.45, 2.75) is 31.2 Å². The lowest BCUT2D eigenvalue weighted by molar-refractivity contribution is 0.302. The first-order chi connectivity index (χ1) is 9.11. The molecule has 1 saturated heterocycles. The molecule has 1 N–H and O–H groups in total. The standard InChI is InChI=1S/C14H17F3N2/c15-10-3-4-11(13(17)12(10)16)19-8-7-18-14(9-19)5-1-2-6-14/h3-4,18H,1-2,5-9H2. The molecule has 19 heavy (non-hydrogen) atoms. The zero-order chi connectivity index (χ0) is 13.5. The Bertz CT molecular complexity index is 484. The summed E-state index contributed by atoms with van der Waals surface area (Å²) in [6, 6.07) is 2.33. The van der Waals surface area contributed by atoms with Crippen LogP contribution in [0.5, 0.6) is 0 Å². The van der Waals surface area contributed by atoms with E-state index in [9.17, 15) is 13.2 Å². The maximum Gasteiger partial charge on any atom is 0.196 e. The highest BCUT2D eigenvalue weighted by Gasteiger charge is 2.38. The molecule has 1 aromatic carbocycles. The number of benzene rings is 1. The summed E-state index contributed by atoms with van der Waals surface area (Å²) in [7, 11) is 0. The van der Waals surface area contributed by atoms with Crippen molar-refractivity contribution in [1.82, 2.24) is 5.32 Å². The summed E-state index contributed by atoms with van der Waals surface area (Å²) in [6.45, 7) is 2.02. The lowest BCUT2D eigenvalue weighted by Gasteiger charge is -2.42. The van der Waals surface area contributed by atoms with Crippen LogP contribution in [0.1, 0.15) is 25.7 Å². The van der Waals surface area contributed by atoms with Gasteiger partial charge in [0.15, 0.2) is 17.5 Å². The highest BCUT2D eigenvalue weighted by Crippen LogP contribution is 2.34. The van der Waals surface area contributed by atoms with Gasteiger partial charge in [0.2, 0.25) is 0 Å². The van der Waals surface area contributed by atoms with Gasteiger partial charge in [-0.1, -0.05) is 12.8 Å². The maximum absolute atomic E-state index is 13.8. The molecule has 2 nitrogen and oxygen atoms in total. The first-order valence-corrected chi connectivity index (χ1v) is 6.75. The van der Waals surface area contributed by atoms with Crippen molar-refractivity contribution in [2.24, 2.45) is 0 Å². The maximum atomic E-state index is 13.8. The molecule has 1 aromatic rings. The molecule has 1 aliphatic carbocycles. The number of anilines is 1. The molecule has 0 aromatic heterocycles. The molecule has 1 heterocycles. The van der Waals surface area contributed by atoms with Crippen LogP contribution in [0, 0.1) is 17.5 Å². The number of rotatable bonds is 1. The van der Waals surface area contributed by atoms with Crippen molar-refractivity contribution < 1.29 is 13.2 Å². The Morgan fingerprint density at radius 2 is 1.79 bits per heavy atom. The van der Waals surface area contributed by atoms with Crippen LogP contribution < -0.4 is 10.2 Å². The summed E-state index contributed by atoms with van der Waals surface area (Å²) in [5, 5.41) is 3.51. The zero-order valence-electron chi connectivity index (χ0n) is 10.7. The van der Waals surface area contributed by atoms with Gasteiger partial charge in [0, 0.05) is 25.2 Å². The minimum atomic E-state index is -1.38. The van der Waals surface area contributed by atoms with E-state index in [1.165, 1.54) is 18.9 Å². The third kappa shape index (κ3) is 2.20. The predicted octanol–water partition coefficient (Wildman–Crippen LogP) is 2.83. The van der Waals surface area contributed by atoms with Crippen LogP contribution in [0.25, 0.3) is 0 Å². The van der Waals surface area contributed by atoms with Gasteiger partial charge in [-0.2, -0.15) is 0 Å². The Hall–Kier alpha value is -1.23. The molecule has 0 bridgehead atoms. The fourth-order valence-electron chi connectivity index (χ4n) is 3.31. The largest absolute Gasteiger partial charge is 0.366 e. The molecule has 0 amide bonds. The molecule has 0 radical (unpaired) electrons. The molecule has 104 valence electrons. The van der Waals surface area contributed by atoms with Crippen molar-refractivity contribution in [2.75, 3.05) is 24.5 Å². The fraction of sp³-hybridized carbons (Fsp3) is 0.571. The topological polar surface area (TPSA) is 15.3 Å². The third-order valence-electron chi connectivity index (χ3n) is 4.29. The molecule has 0 unspecified atom stereocenters. The Kier molecular flexibility index (Phi) is 3.17. The lowest BCUT2D eigenvalue weighted by Crippen LogP contribution is -2.59. The number of nitrogens with zero attached hydrogens (tertiary/aromatic N) is 1. The molecule has 2 aliphatic rings. The molecule has 0 atom stereocenters. The van der Waals surface area contributed by atoms with Crippen molar-refractivity contribution in [1.29, 1.82) is 0 Å². The van der Waals surface area contributed by atoms with E-state index in [-0.39, 0.29) is 11.2 Å². The summed E-state index contributed by atoms with van der Waals surface area (Å²) in [6.07, 6.45) is 4.46. The highest BCUT2D eigenvalue weighted by molar-refractivity contribution is 5.49. The van der Waals surface area contributed by atoms with Gasteiger partial charge >= 0.3 is 0 Å². The zero-order valence-corrected chi connectivity index (χ0v) is 10.7. The Labute approximate surface area is 110 Å². The first kappa shape index (κ1) is 12.8. The van der Waals surface area contributed by atoms with Crippen LogP contribution in [0.3, 0.4) is 0 Å². The van der Waals surface area contributed by atoms with E-state index in [2.05, 4.69) is 5.32 Å². The van der Waals surface area contributed by atoms with Gasteiger partial charge < -0.3 is 10.2 Å². The second-order valence-electron chi connectivity index (χ2n) is 5.53. The minimum absolute atomic E-state index is 0.0234. The summed E-state index contributed by atoms with van der Waals surface area (Å²) in [5.74, 6) is -3.58. The molecule has 2 fully saturated rings. The number of hydrogen-bond donors (Lipinski definition) is 1. The monoisotopic (exact) mass is 270 g/mol. The highest BCUT2D eigenvalue weighted by atomic mass is 19.2. The van der Waals surface area contributed by atoms with Gasteiger partial charge in [0.1, 0.15) is 0 Å². The molecule has 1 spiro atoms. The summed E-state index contributed by atoms with van der Waals surface area (Å²) in [4.78, 5) is 1.83. The van der Waals surface area contributed by atoms with Gasteiger partial charge in [-0.15, -0.1) is 0 Å². The normalized spacial score (nSPS) is 22.2. The average Bonchev–Trinajstić information content (AvgIpc) is 2.84. The third-order valence-corrected chi connectivity index (χ3v) is 4.29. The van der Waals surface area contributed by atoms with Crippen LogP contribution in [-0.4, -0.2) is 25.2 Å². The number of nitrogens with one attached hydrogen (secondary N) is 1. The summed E-state index contributed by atoms with van der Waals surface area (Å²) < 4.78 is 40.1. The van der Waals surface area contributed by atoms with Gasteiger partial charge in [-0.3, -0.25) is 0 Å². The second kappa shape index (κ2) is 4.71. The van der Waals surface area contributed by atoms with Crippen LogP contribution >= 0.6 is 0 Å². The molecular weight excluding hydrogens is 253 g/mol. The first-order valence-electron chi connectivity index (χ1n) is 6.75. The molecule has 5 heteroatoms. The van der Waals surface area contributed by atoms with E-state index >= 15 is 0 Å². The lowest BCUT2D eigenvalue weighted by atomic mass is 9.94. The van der Waals surface area contributed by atoms with Crippen molar-refractivity contribution in [3.05, 3.63) is 29.6 Å². The fourth-order valence-corrected chi connectivity index (χ4v) is 3.31. The predicted molar refractivity (Wildman–Crippen MR) is 67.7 cm³/mol. The summed E-state index contributed by atoms with van der Waals surface area (Å²) >= 11 is 0.